The quantitative estimate of drug-likeness (QED) is 0.458. The van der Waals surface area contributed by atoms with E-state index in [2.05, 4.69) is 26.9 Å². The van der Waals surface area contributed by atoms with Crippen molar-refractivity contribution >= 4 is 40.5 Å². The zero-order valence-electron chi connectivity index (χ0n) is 18.7. The average molecular weight is 466 g/mol. The lowest BCUT2D eigenvalue weighted by Crippen LogP contribution is -2.44. The Kier molecular flexibility index (Phi) is 6.85. The minimum absolute atomic E-state index is 0.378. The van der Waals surface area contributed by atoms with Gasteiger partial charge >= 0.3 is 6.09 Å². The van der Waals surface area contributed by atoms with Crippen LogP contribution in [0.25, 0.3) is 11.0 Å². The number of alkyl carbamates (subject to hydrolysis) is 1. The summed E-state index contributed by atoms with van der Waals surface area (Å²) in [6.45, 7) is 12.0. The smallest absolute Gasteiger partial charge is 0.408 e. The fraction of sp³-hybridized carbons (Fsp3) is 0.524. The Morgan fingerprint density at radius 3 is 2.68 bits per heavy atom. The second kappa shape index (κ2) is 9.08. The molecule has 31 heavy (non-hydrogen) atoms. The maximum atomic E-state index is 12.1. The predicted octanol–water partition coefficient (Wildman–Crippen LogP) is 5.53. The van der Waals surface area contributed by atoms with E-state index in [0.29, 0.717) is 22.5 Å². The predicted molar refractivity (Wildman–Crippen MR) is 121 cm³/mol. The van der Waals surface area contributed by atoms with Gasteiger partial charge in [0, 0.05) is 11.6 Å². The van der Waals surface area contributed by atoms with Gasteiger partial charge in [-0.2, -0.15) is 4.98 Å². The van der Waals surface area contributed by atoms with Crippen molar-refractivity contribution in [3.8, 4) is 0 Å². The summed E-state index contributed by atoms with van der Waals surface area (Å²) in [5, 5.41) is 8.36. The van der Waals surface area contributed by atoms with Crippen molar-refractivity contribution in [3.05, 3.63) is 34.9 Å². The summed E-state index contributed by atoms with van der Waals surface area (Å²) in [5.41, 5.74) is 0.467. The van der Waals surface area contributed by atoms with Crippen LogP contribution < -0.4 is 5.32 Å². The zero-order chi connectivity index (χ0) is 22.8. The Morgan fingerprint density at radius 1 is 1.26 bits per heavy atom. The van der Waals surface area contributed by atoms with E-state index in [-0.39, 0.29) is 0 Å². The molecule has 1 aromatic carbocycles. The lowest BCUT2D eigenvalue weighted by atomic mass is 10.1. The number of aryl methyl sites for hydroxylation is 1. The molecule has 2 heterocycles. The van der Waals surface area contributed by atoms with Crippen LogP contribution in [0.2, 0.25) is 5.02 Å². The van der Waals surface area contributed by atoms with Crippen molar-refractivity contribution in [2.75, 3.05) is 0 Å². The first-order valence-corrected chi connectivity index (χ1v) is 11.5. The molecule has 168 valence electrons. The number of benzene rings is 1. The van der Waals surface area contributed by atoms with E-state index >= 15 is 0 Å². The number of hydrogen-bond donors (Lipinski definition) is 1. The number of ether oxygens (including phenoxy) is 1. The summed E-state index contributed by atoms with van der Waals surface area (Å²) < 4.78 is 12.9. The van der Waals surface area contributed by atoms with Crippen molar-refractivity contribution in [2.24, 2.45) is 0 Å². The molecular formula is C21H28ClN5O3S. The van der Waals surface area contributed by atoms with E-state index < -0.39 is 17.2 Å². The van der Waals surface area contributed by atoms with Crippen LogP contribution in [0.4, 0.5) is 4.79 Å². The molecule has 0 aliphatic rings. The number of hydrogen-bond acceptors (Lipinski definition) is 7. The van der Waals surface area contributed by atoms with Crippen molar-refractivity contribution in [3.63, 3.8) is 0 Å². The van der Waals surface area contributed by atoms with Crippen molar-refractivity contribution in [1.29, 1.82) is 0 Å². The third-order valence-corrected chi connectivity index (χ3v) is 5.48. The van der Waals surface area contributed by atoms with Crippen LogP contribution in [0.5, 0.6) is 0 Å². The van der Waals surface area contributed by atoms with Crippen molar-refractivity contribution in [2.45, 2.75) is 76.6 Å². The molecule has 0 aliphatic heterocycles. The van der Waals surface area contributed by atoms with Gasteiger partial charge in [-0.05, 0) is 59.2 Å². The standard InChI is InChI=1S/C21H28ClN5O3S/c1-7-10-27-15-9-8-13(22)11-14(15)23-18(27)31-12-16-24-17(26-30-16)21(5,6)25-19(28)29-20(2,3)4/h8-9,11H,7,10,12H2,1-6H3,(H,25,28). The number of nitrogens with zero attached hydrogens (tertiary/aromatic N) is 4. The van der Waals surface area contributed by atoms with Crippen LogP contribution in [0.1, 0.15) is 59.7 Å². The normalized spacial score (nSPS) is 12.4. The highest BCUT2D eigenvalue weighted by molar-refractivity contribution is 7.98. The highest BCUT2D eigenvalue weighted by atomic mass is 35.5. The van der Waals surface area contributed by atoms with Crippen LogP contribution in [0.15, 0.2) is 27.9 Å². The van der Waals surface area contributed by atoms with Crippen LogP contribution in [0.3, 0.4) is 0 Å². The lowest BCUT2D eigenvalue weighted by molar-refractivity contribution is 0.0465. The Labute approximate surface area is 191 Å². The van der Waals surface area contributed by atoms with E-state index in [0.717, 1.165) is 29.2 Å². The van der Waals surface area contributed by atoms with Gasteiger partial charge in [0.2, 0.25) is 5.89 Å². The van der Waals surface area contributed by atoms with E-state index in [1.807, 2.05) is 39.0 Å². The minimum Gasteiger partial charge on any atom is -0.444 e. The molecule has 0 aliphatic carbocycles. The third kappa shape index (κ3) is 5.92. The summed E-state index contributed by atoms with van der Waals surface area (Å²) in [4.78, 5) is 21.3. The molecule has 1 N–H and O–H groups in total. The van der Waals surface area contributed by atoms with Crippen LogP contribution in [-0.4, -0.2) is 31.4 Å². The van der Waals surface area contributed by atoms with Crippen LogP contribution in [0, 0.1) is 0 Å². The summed E-state index contributed by atoms with van der Waals surface area (Å²) >= 11 is 7.64. The van der Waals surface area contributed by atoms with Gasteiger partial charge in [-0.25, -0.2) is 9.78 Å². The Hall–Kier alpha value is -2.26. The van der Waals surface area contributed by atoms with Gasteiger partial charge < -0.3 is 19.1 Å². The number of halogens is 1. The minimum atomic E-state index is -0.846. The average Bonchev–Trinajstić information content (AvgIpc) is 3.23. The second-order valence-electron chi connectivity index (χ2n) is 8.73. The van der Waals surface area contributed by atoms with E-state index in [9.17, 15) is 4.79 Å². The number of amides is 1. The van der Waals surface area contributed by atoms with Gasteiger partial charge in [0.25, 0.3) is 0 Å². The van der Waals surface area contributed by atoms with Gasteiger partial charge in [0.05, 0.1) is 16.8 Å². The van der Waals surface area contributed by atoms with Crippen molar-refractivity contribution < 1.29 is 14.1 Å². The molecule has 1 amide bonds. The molecule has 0 spiro atoms. The number of rotatable bonds is 7. The summed E-state index contributed by atoms with van der Waals surface area (Å²) in [7, 11) is 0. The fourth-order valence-corrected chi connectivity index (χ4v) is 3.98. The number of imidazole rings is 1. The molecule has 3 rings (SSSR count). The maximum absolute atomic E-state index is 12.1. The monoisotopic (exact) mass is 465 g/mol. The maximum Gasteiger partial charge on any atom is 0.408 e. The molecule has 0 radical (unpaired) electrons. The molecule has 0 fully saturated rings. The molecule has 0 saturated carbocycles. The Morgan fingerprint density at radius 2 is 2.00 bits per heavy atom. The van der Waals surface area contributed by atoms with Crippen molar-refractivity contribution in [1.82, 2.24) is 25.0 Å². The second-order valence-corrected chi connectivity index (χ2v) is 10.1. The third-order valence-electron chi connectivity index (χ3n) is 4.29. The van der Waals surface area contributed by atoms with Gasteiger partial charge in [-0.3, -0.25) is 0 Å². The molecule has 2 aromatic heterocycles. The van der Waals surface area contributed by atoms with Crippen LogP contribution >= 0.6 is 23.4 Å². The molecule has 8 nitrogen and oxygen atoms in total. The Balaban J connectivity index is 1.71. The summed E-state index contributed by atoms with van der Waals surface area (Å²) in [6, 6.07) is 5.72. The highest BCUT2D eigenvalue weighted by Crippen LogP contribution is 2.29. The molecule has 0 unspecified atom stereocenters. The first kappa shape index (κ1) is 23.4. The highest BCUT2D eigenvalue weighted by Gasteiger charge is 2.31. The Bertz CT molecular complexity index is 1070. The fourth-order valence-electron chi connectivity index (χ4n) is 2.94. The first-order valence-electron chi connectivity index (χ1n) is 10.1. The topological polar surface area (TPSA) is 95.1 Å². The van der Waals surface area contributed by atoms with Crippen LogP contribution in [-0.2, 0) is 22.6 Å². The molecule has 10 heteroatoms. The SMILES string of the molecule is CCCn1c(SCc2nc(C(C)(C)NC(=O)OC(C)(C)C)no2)nc2cc(Cl)ccc21. The van der Waals surface area contributed by atoms with Gasteiger partial charge in [0.15, 0.2) is 11.0 Å². The number of nitrogens with one attached hydrogen (secondary N) is 1. The van der Waals surface area contributed by atoms with Gasteiger partial charge in [-0.1, -0.05) is 35.4 Å². The number of fused-ring (bicyclic) bond motifs is 1. The molecular weight excluding hydrogens is 438 g/mol. The van der Waals surface area contributed by atoms with E-state index in [1.165, 1.54) is 11.8 Å². The summed E-state index contributed by atoms with van der Waals surface area (Å²) in [5.74, 6) is 1.28. The molecule has 0 atom stereocenters. The number of thioether (sulfide) groups is 1. The van der Waals surface area contributed by atoms with Gasteiger partial charge in [0.1, 0.15) is 11.1 Å². The molecule has 3 aromatic rings. The lowest BCUT2D eigenvalue weighted by Gasteiger charge is -2.26. The zero-order valence-corrected chi connectivity index (χ0v) is 20.2. The number of carbonyl (C=O) groups is 1. The molecule has 0 bridgehead atoms. The number of aromatic nitrogens is 4. The number of carbonyl (C=O) groups excluding carboxylic acids is 1. The largest absolute Gasteiger partial charge is 0.444 e. The van der Waals surface area contributed by atoms with Gasteiger partial charge in [-0.15, -0.1) is 0 Å². The van der Waals surface area contributed by atoms with E-state index in [1.54, 1.807) is 13.8 Å². The summed E-state index contributed by atoms with van der Waals surface area (Å²) in [6.07, 6.45) is 0.446. The first-order chi connectivity index (χ1) is 14.5. The molecule has 0 saturated heterocycles. The van der Waals surface area contributed by atoms with E-state index in [4.69, 9.17) is 25.8 Å².